The van der Waals surface area contributed by atoms with E-state index in [1.165, 1.54) is 17.0 Å². The zero-order valence-corrected chi connectivity index (χ0v) is 12.5. The number of nitrogens with two attached hydrogens (primary N) is 1. The highest BCUT2D eigenvalue weighted by molar-refractivity contribution is 7.80. The van der Waals surface area contributed by atoms with Gasteiger partial charge < -0.3 is 11.1 Å². The van der Waals surface area contributed by atoms with Gasteiger partial charge in [-0.25, -0.2) is 4.98 Å². The van der Waals surface area contributed by atoms with Crippen molar-refractivity contribution in [3.63, 3.8) is 0 Å². The van der Waals surface area contributed by atoms with Crippen molar-refractivity contribution in [2.75, 3.05) is 5.32 Å². The molecule has 0 saturated heterocycles. The third-order valence-corrected chi connectivity index (χ3v) is 4.71. The fraction of sp³-hybridized carbons (Fsp3) is 0.231. The van der Waals surface area contributed by atoms with Crippen molar-refractivity contribution in [2.24, 2.45) is 5.73 Å². The van der Waals surface area contributed by atoms with E-state index >= 15 is 0 Å². The maximum atomic E-state index is 6.22. The Morgan fingerprint density at radius 3 is 2.95 bits per heavy atom. The fourth-order valence-corrected chi connectivity index (χ4v) is 3.55. The predicted molar refractivity (Wildman–Crippen MR) is 84.8 cm³/mol. The molecule has 3 rings (SSSR count). The summed E-state index contributed by atoms with van der Waals surface area (Å²) in [5, 5.41) is 4.75. The Hall–Kier alpha value is -1.17. The Labute approximate surface area is 125 Å². The van der Waals surface area contributed by atoms with Gasteiger partial charge in [0.1, 0.15) is 4.99 Å². The summed E-state index contributed by atoms with van der Waals surface area (Å²) in [4.78, 5) is 6.32. The average Bonchev–Trinajstić information content (AvgIpc) is 2.92. The Morgan fingerprint density at radius 1 is 1.42 bits per heavy atom. The van der Waals surface area contributed by atoms with Crippen LogP contribution in [-0.2, 0) is 12.8 Å². The minimum Gasteiger partial charge on any atom is -0.389 e. The minimum atomic E-state index is 0.349. The number of benzene rings is 1. The summed E-state index contributed by atoms with van der Waals surface area (Å²) in [6.07, 6.45) is 3.45. The molecule has 1 aliphatic carbocycles. The normalized spacial score (nSPS) is 13.3. The van der Waals surface area contributed by atoms with Crippen LogP contribution >= 0.6 is 35.2 Å². The second-order valence-electron chi connectivity index (χ2n) is 4.43. The fourth-order valence-electron chi connectivity index (χ4n) is 2.13. The smallest absolute Gasteiger partial charge is 0.187 e. The molecule has 1 aromatic heterocycles. The zero-order valence-electron chi connectivity index (χ0n) is 10.1. The molecule has 1 aromatic carbocycles. The van der Waals surface area contributed by atoms with E-state index in [2.05, 4.69) is 10.3 Å². The van der Waals surface area contributed by atoms with Crippen LogP contribution in [0.5, 0.6) is 0 Å². The molecule has 0 spiro atoms. The molecule has 1 heterocycles. The molecule has 2 aromatic rings. The molecular weight excluding hydrogens is 298 g/mol. The number of anilines is 2. The minimum absolute atomic E-state index is 0.349. The number of fused-ring (bicyclic) bond motifs is 1. The van der Waals surface area contributed by atoms with Gasteiger partial charge in [0.05, 0.1) is 16.4 Å². The molecule has 98 valence electrons. The van der Waals surface area contributed by atoms with Crippen LogP contribution in [0.2, 0.25) is 5.02 Å². The van der Waals surface area contributed by atoms with Crippen molar-refractivity contribution in [3.05, 3.63) is 39.4 Å². The Bertz CT molecular complexity index is 630. The zero-order chi connectivity index (χ0) is 13.4. The van der Waals surface area contributed by atoms with E-state index in [4.69, 9.17) is 29.6 Å². The van der Waals surface area contributed by atoms with Crippen LogP contribution in [0.3, 0.4) is 0 Å². The van der Waals surface area contributed by atoms with Crippen LogP contribution in [0.25, 0.3) is 0 Å². The molecule has 0 saturated carbocycles. The monoisotopic (exact) mass is 309 g/mol. The summed E-state index contributed by atoms with van der Waals surface area (Å²) in [7, 11) is 0. The summed E-state index contributed by atoms with van der Waals surface area (Å²) < 4.78 is 0. The van der Waals surface area contributed by atoms with E-state index in [0.717, 1.165) is 29.2 Å². The lowest BCUT2D eigenvalue weighted by Gasteiger charge is -2.07. The molecule has 6 heteroatoms. The number of hydrogen-bond donors (Lipinski definition) is 2. The van der Waals surface area contributed by atoms with Crippen LogP contribution in [0.4, 0.5) is 10.8 Å². The Kier molecular flexibility index (Phi) is 3.43. The largest absolute Gasteiger partial charge is 0.389 e. The van der Waals surface area contributed by atoms with Crippen LogP contribution in [0.1, 0.15) is 22.6 Å². The first kappa shape index (κ1) is 12.8. The SMILES string of the molecule is NC(=S)c1ccc(Nc2nc3c(s2)CCC3)c(Cl)c1. The second-order valence-corrected chi connectivity index (χ2v) is 6.36. The lowest BCUT2D eigenvalue weighted by atomic mass is 10.2. The number of rotatable bonds is 3. The predicted octanol–water partition coefficient (Wildman–Crippen LogP) is 3.66. The van der Waals surface area contributed by atoms with Gasteiger partial charge in [-0.3, -0.25) is 0 Å². The van der Waals surface area contributed by atoms with Gasteiger partial charge in [-0.2, -0.15) is 0 Å². The molecule has 0 bridgehead atoms. The number of nitrogens with one attached hydrogen (secondary N) is 1. The molecule has 0 unspecified atom stereocenters. The highest BCUT2D eigenvalue weighted by Gasteiger charge is 2.17. The van der Waals surface area contributed by atoms with Crippen molar-refractivity contribution in [1.29, 1.82) is 0 Å². The number of thiazole rings is 1. The average molecular weight is 310 g/mol. The molecular formula is C13H12ClN3S2. The summed E-state index contributed by atoms with van der Waals surface area (Å²) in [5.41, 5.74) is 8.40. The van der Waals surface area contributed by atoms with Gasteiger partial charge in [-0.1, -0.05) is 23.8 Å². The highest BCUT2D eigenvalue weighted by atomic mass is 35.5. The van der Waals surface area contributed by atoms with Crippen molar-refractivity contribution in [1.82, 2.24) is 4.98 Å². The number of thiocarbonyl (C=S) groups is 1. The first-order valence-electron chi connectivity index (χ1n) is 5.98. The molecule has 0 fully saturated rings. The van der Waals surface area contributed by atoms with Gasteiger partial charge in [-0.05, 0) is 37.5 Å². The molecule has 19 heavy (non-hydrogen) atoms. The molecule has 3 N–H and O–H groups in total. The number of aromatic nitrogens is 1. The van der Waals surface area contributed by atoms with E-state index in [0.29, 0.717) is 10.0 Å². The third-order valence-electron chi connectivity index (χ3n) is 3.09. The van der Waals surface area contributed by atoms with E-state index in [1.807, 2.05) is 12.1 Å². The van der Waals surface area contributed by atoms with Crippen molar-refractivity contribution in [2.45, 2.75) is 19.3 Å². The first-order chi connectivity index (χ1) is 9.13. The Morgan fingerprint density at radius 2 is 2.26 bits per heavy atom. The summed E-state index contributed by atoms with van der Waals surface area (Å²) in [5.74, 6) is 0. The lowest BCUT2D eigenvalue weighted by Crippen LogP contribution is -2.09. The maximum Gasteiger partial charge on any atom is 0.187 e. The number of nitrogens with zero attached hydrogens (tertiary/aromatic N) is 1. The molecule has 0 radical (unpaired) electrons. The van der Waals surface area contributed by atoms with Gasteiger partial charge >= 0.3 is 0 Å². The highest BCUT2D eigenvalue weighted by Crippen LogP contribution is 2.34. The van der Waals surface area contributed by atoms with Crippen LogP contribution in [0, 0.1) is 0 Å². The van der Waals surface area contributed by atoms with Crippen molar-refractivity contribution in [3.8, 4) is 0 Å². The molecule has 3 nitrogen and oxygen atoms in total. The van der Waals surface area contributed by atoms with E-state index in [9.17, 15) is 0 Å². The molecule has 1 aliphatic rings. The van der Waals surface area contributed by atoms with Crippen LogP contribution in [0.15, 0.2) is 18.2 Å². The molecule has 0 aliphatic heterocycles. The third kappa shape index (κ3) is 2.59. The van der Waals surface area contributed by atoms with Gasteiger partial charge in [0.2, 0.25) is 0 Å². The number of halogens is 1. The number of hydrogen-bond acceptors (Lipinski definition) is 4. The van der Waals surface area contributed by atoms with Gasteiger partial charge in [-0.15, -0.1) is 11.3 Å². The summed E-state index contributed by atoms with van der Waals surface area (Å²) in [6, 6.07) is 5.51. The van der Waals surface area contributed by atoms with Gasteiger partial charge in [0.15, 0.2) is 5.13 Å². The quantitative estimate of drug-likeness (QED) is 0.850. The first-order valence-corrected chi connectivity index (χ1v) is 7.59. The second kappa shape index (κ2) is 5.07. The van der Waals surface area contributed by atoms with E-state index < -0.39 is 0 Å². The topological polar surface area (TPSA) is 50.9 Å². The van der Waals surface area contributed by atoms with Gasteiger partial charge in [0.25, 0.3) is 0 Å². The summed E-state index contributed by atoms with van der Waals surface area (Å²) in [6.45, 7) is 0. The summed E-state index contributed by atoms with van der Waals surface area (Å²) >= 11 is 12.8. The van der Waals surface area contributed by atoms with Crippen molar-refractivity contribution < 1.29 is 0 Å². The Balaban J connectivity index is 1.84. The van der Waals surface area contributed by atoms with E-state index in [-0.39, 0.29) is 0 Å². The van der Waals surface area contributed by atoms with Gasteiger partial charge in [0, 0.05) is 10.4 Å². The lowest BCUT2D eigenvalue weighted by molar-refractivity contribution is 0.900. The number of aryl methyl sites for hydroxylation is 2. The standard InChI is InChI=1S/C13H12ClN3S2/c14-8-6-7(12(15)18)4-5-9(8)16-13-17-10-2-1-3-11(10)19-13/h4-6H,1-3H2,(H2,15,18)(H,16,17). The molecule has 0 amide bonds. The molecule has 0 atom stereocenters. The van der Waals surface area contributed by atoms with Crippen LogP contribution < -0.4 is 11.1 Å². The van der Waals surface area contributed by atoms with Crippen molar-refractivity contribution >= 4 is 51.0 Å². The maximum absolute atomic E-state index is 6.22. The van der Waals surface area contributed by atoms with Crippen LogP contribution in [-0.4, -0.2) is 9.97 Å². The van der Waals surface area contributed by atoms with E-state index in [1.54, 1.807) is 17.4 Å².